The van der Waals surface area contributed by atoms with Crippen molar-refractivity contribution in [3.05, 3.63) is 23.8 Å². The summed E-state index contributed by atoms with van der Waals surface area (Å²) in [5.41, 5.74) is 1.10. The molecule has 1 aromatic carbocycles. The summed E-state index contributed by atoms with van der Waals surface area (Å²) in [7, 11) is 5.10. The highest BCUT2D eigenvalue weighted by Gasteiger charge is 2.06. The maximum atomic E-state index is 5.58. The van der Waals surface area contributed by atoms with Gasteiger partial charge in [0.05, 0.1) is 13.7 Å². The van der Waals surface area contributed by atoms with Crippen molar-refractivity contribution < 1.29 is 14.2 Å². The number of nitrogens with zero attached hydrogens (tertiary/aromatic N) is 1. The van der Waals surface area contributed by atoms with Crippen LogP contribution in [-0.2, 0) is 11.3 Å². The van der Waals surface area contributed by atoms with Crippen LogP contribution < -0.4 is 20.1 Å². The topological polar surface area (TPSA) is 64.1 Å². The van der Waals surface area contributed by atoms with Gasteiger partial charge in [0.1, 0.15) is 0 Å². The average Bonchev–Trinajstić information content (AvgIpc) is 2.55. The van der Waals surface area contributed by atoms with Crippen LogP contribution in [0.1, 0.15) is 18.9 Å². The quantitative estimate of drug-likeness (QED) is 0.414. The van der Waals surface area contributed by atoms with E-state index in [9.17, 15) is 0 Å². The first-order valence-electron chi connectivity index (χ1n) is 7.48. The van der Waals surface area contributed by atoms with Crippen LogP contribution in [0.5, 0.6) is 11.5 Å². The molecule has 0 fully saturated rings. The second kappa shape index (κ2) is 10.7. The van der Waals surface area contributed by atoms with E-state index in [1.807, 2.05) is 25.1 Å². The van der Waals surface area contributed by atoms with Crippen LogP contribution in [0.3, 0.4) is 0 Å². The molecule has 0 amide bonds. The number of aliphatic imine (C=N–C) groups is 1. The van der Waals surface area contributed by atoms with Gasteiger partial charge in [-0.1, -0.05) is 6.07 Å². The highest BCUT2D eigenvalue weighted by Crippen LogP contribution is 2.27. The van der Waals surface area contributed by atoms with E-state index in [1.165, 1.54) is 0 Å². The summed E-state index contributed by atoms with van der Waals surface area (Å²) >= 11 is 0. The molecule has 0 radical (unpaired) electrons. The number of ether oxygens (including phenoxy) is 3. The number of hydrogen-bond acceptors (Lipinski definition) is 4. The lowest BCUT2D eigenvalue weighted by molar-refractivity contribution is 0.195. The van der Waals surface area contributed by atoms with Gasteiger partial charge in [0.25, 0.3) is 0 Å². The van der Waals surface area contributed by atoms with Gasteiger partial charge in [0.15, 0.2) is 17.5 Å². The normalized spacial score (nSPS) is 11.2. The van der Waals surface area contributed by atoms with Gasteiger partial charge < -0.3 is 24.8 Å². The molecule has 0 aliphatic heterocycles. The van der Waals surface area contributed by atoms with Gasteiger partial charge >= 0.3 is 0 Å². The maximum Gasteiger partial charge on any atom is 0.191 e. The van der Waals surface area contributed by atoms with E-state index in [4.69, 9.17) is 14.2 Å². The monoisotopic (exact) mass is 309 g/mol. The van der Waals surface area contributed by atoms with Crippen LogP contribution in [0.2, 0.25) is 0 Å². The minimum absolute atomic E-state index is 0.607. The molecule has 124 valence electrons. The Morgan fingerprint density at radius 1 is 1.18 bits per heavy atom. The number of hydrogen-bond donors (Lipinski definition) is 2. The zero-order chi connectivity index (χ0) is 16.2. The minimum Gasteiger partial charge on any atom is -0.493 e. The molecule has 1 rings (SSSR count). The van der Waals surface area contributed by atoms with Crippen LogP contribution >= 0.6 is 0 Å². The molecular formula is C16H27N3O3. The van der Waals surface area contributed by atoms with Crippen molar-refractivity contribution >= 4 is 5.96 Å². The zero-order valence-electron chi connectivity index (χ0n) is 13.9. The summed E-state index contributed by atoms with van der Waals surface area (Å²) in [4.78, 5) is 4.19. The second-order valence-electron chi connectivity index (χ2n) is 4.62. The summed E-state index contributed by atoms with van der Waals surface area (Å²) < 4.78 is 15.9. The van der Waals surface area contributed by atoms with Crippen LogP contribution in [0, 0.1) is 0 Å². The number of nitrogens with one attached hydrogen (secondary N) is 2. The fourth-order valence-electron chi connectivity index (χ4n) is 1.93. The highest BCUT2D eigenvalue weighted by molar-refractivity contribution is 5.79. The Bertz CT molecular complexity index is 464. The molecule has 0 aliphatic carbocycles. The molecule has 0 saturated carbocycles. The first kappa shape index (κ1) is 18.1. The SMILES string of the molecule is CCOc1cc(CNC(=NC)NCCCOC)ccc1OC. The van der Waals surface area contributed by atoms with Crippen molar-refractivity contribution in [2.45, 2.75) is 19.9 Å². The summed E-state index contributed by atoms with van der Waals surface area (Å²) in [6.07, 6.45) is 0.939. The molecule has 1 aromatic rings. The molecular weight excluding hydrogens is 282 g/mol. The third kappa shape index (κ3) is 6.22. The van der Waals surface area contributed by atoms with Gasteiger partial charge in [0, 0.05) is 33.9 Å². The second-order valence-corrected chi connectivity index (χ2v) is 4.62. The molecule has 0 bridgehead atoms. The standard InChI is InChI=1S/C16H27N3O3/c1-5-22-15-11-13(7-8-14(15)21-4)12-19-16(17-2)18-9-6-10-20-3/h7-8,11H,5-6,9-10,12H2,1-4H3,(H2,17,18,19). The van der Waals surface area contributed by atoms with Crippen LogP contribution in [0.4, 0.5) is 0 Å². The predicted molar refractivity (Wildman–Crippen MR) is 88.9 cm³/mol. The van der Waals surface area contributed by atoms with Crippen molar-refractivity contribution in [1.29, 1.82) is 0 Å². The fourth-order valence-corrected chi connectivity index (χ4v) is 1.93. The van der Waals surface area contributed by atoms with Crippen LogP contribution in [0.25, 0.3) is 0 Å². The van der Waals surface area contributed by atoms with E-state index < -0.39 is 0 Å². The number of benzene rings is 1. The van der Waals surface area contributed by atoms with Gasteiger partial charge in [0.2, 0.25) is 0 Å². The summed E-state index contributed by atoms with van der Waals surface area (Å²) in [5, 5.41) is 6.51. The lowest BCUT2D eigenvalue weighted by Crippen LogP contribution is -2.37. The molecule has 0 aliphatic rings. The Labute approximate surface area is 132 Å². The first-order chi connectivity index (χ1) is 10.7. The molecule has 2 N–H and O–H groups in total. The first-order valence-corrected chi connectivity index (χ1v) is 7.48. The maximum absolute atomic E-state index is 5.58. The summed E-state index contributed by atoms with van der Waals surface area (Å²) in [6, 6.07) is 5.90. The number of guanidine groups is 1. The molecule has 0 atom stereocenters. The molecule has 22 heavy (non-hydrogen) atoms. The highest BCUT2D eigenvalue weighted by atomic mass is 16.5. The fraction of sp³-hybridized carbons (Fsp3) is 0.562. The smallest absolute Gasteiger partial charge is 0.191 e. The molecule has 0 saturated heterocycles. The molecule has 6 heteroatoms. The Kier molecular flexibility index (Phi) is 8.83. The van der Waals surface area contributed by atoms with Gasteiger partial charge in [-0.05, 0) is 31.0 Å². The summed E-state index contributed by atoms with van der Waals surface area (Å²) in [5.74, 6) is 2.27. The van der Waals surface area contributed by atoms with E-state index in [0.29, 0.717) is 13.2 Å². The van der Waals surface area contributed by atoms with E-state index in [-0.39, 0.29) is 0 Å². The molecule has 0 spiro atoms. The summed E-state index contributed by atoms with van der Waals surface area (Å²) in [6.45, 7) is 4.78. The Hall–Kier alpha value is -1.95. The van der Waals surface area contributed by atoms with Crippen molar-refractivity contribution in [2.75, 3.05) is 41.0 Å². The number of methoxy groups -OCH3 is 2. The van der Waals surface area contributed by atoms with Crippen molar-refractivity contribution in [2.24, 2.45) is 4.99 Å². The largest absolute Gasteiger partial charge is 0.493 e. The Morgan fingerprint density at radius 2 is 2.00 bits per heavy atom. The van der Waals surface area contributed by atoms with E-state index in [2.05, 4.69) is 15.6 Å². The molecule has 0 heterocycles. The van der Waals surface area contributed by atoms with Crippen LogP contribution in [0.15, 0.2) is 23.2 Å². The molecule has 0 aromatic heterocycles. The average molecular weight is 309 g/mol. The molecule has 6 nitrogen and oxygen atoms in total. The Balaban J connectivity index is 2.53. The zero-order valence-corrected chi connectivity index (χ0v) is 13.9. The lowest BCUT2D eigenvalue weighted by Gasteiger charge is -2.14. The van der Waals surface area contributed by atoms with Gasteiger partial charge in [-0.15, -0.1) is 0 Å². The van der Waals surface area contributed by atoms with Crippen molar-refractivity contribution in [1.82, 2.24) is 10.6 Å². The van der Waals surface area contributed by atoms with Crippen molar-refractivity contribution in [3.63, 3.8) is 0 Å². The third-order valence-corrected chi connectivity index (χ3v) is 3.03. The Morgan fingerprint density at radius 3 is 2.64 bits per heavy atom. The van der Waals surface area contributed by atoms with Crippen LogP contribution in [-0.4, -0.2) is 47.0 Å². The predicted octanol–water partition coefficient (Wildman–Crippen LogP) is 1.80. The van der Waals surface area contributed by atoms with Gasteiger partial charge in [-0.3, -0.25) is 4.99 Å². The van der Waals surface area contributed by atoms with Gasteiger partial charge in [-0.25, -0.2) is 0 Å². The minimum atomic E-state index is 0.607. The van der Waals surface area contributed by atoms with E-state index in [0.717, 1.165) is 42.6 Å². The molecule has 0 unspecified atom stereocenters. The van der Waals surface area contributed by atoms with Gasteiger partial charge in [-0.2, -0.15) is 0 Å². The van der Waals surface area contributed by atoms with E-state index in [1.54, 1.807) is 21.3 Å². The third-order valence-electron chi connectivity index (χ3n) is 3.03. The lowest BCUT2D eigenvalue weighted by atomic mass is 10.2. The van der Waals surface area contributed by atoms with Crippen molar-refractivity contribution in [3.8, 4) is 11.5 Å². The van der Waals surface area contributed by atoms with E-state index >= 15 is 0 Å². The number of rotatable bonds is 9.